The molecule has 0 aliphatic rings. The number of hydrogen-bond donors (Lipinski definition) is 2. The molecule has 0 atom stereocenters. The van der Waals surface area contributed by atoms with Gasteiger partial charge in [0.25, 0.3) is 5.91 Å². The van der Waals surface area contributed by atoms with Gasteiger partial charge in [-0.15, -0.1) is 11.3 Å². The average molecular weight is 490 g/mol. The molecule has 10 heteroatoms. The Morgan fingerprint density at radius 3 is 2.57 bits per heavy atom. The van der Waals surface area contributed by atoms with E-state index in [1.807, 2.05) is 44.2 Å². The van der Waals surface area contributed by atoms with E-state index in [0.717, 1.165) is 16.9 Å². The average Bonchev–Trinajstić information content (AvgIpc) is 3.43. The van der Waals surface area contributed by atoms with E-state index in [1.165, 1.54) is 22.9 Å². The number of thiazole rings is 1. The maximum absolute atomic E-state index is 15.2. The fraction of sp³-hybridized carbons (Fsp3) is 0.120. The van der Waals surface area contributed by atoms with Crippen LogP contribution in [0.1, 0.15) is 29.6 Å². The van der Waals surface area contributed by atoms with Gasteiger partial charge in [0.2, 0.25) is 0 Å². The second-order valence-corrected chi connectivity index (χ2v) is 9.07. The van der Waals surface area contributed by atoms with E-state index in [1.54, 1.807) is 12.1 Å². The lowest BCUT2D eigenvalue weighted by Gasteiger charge is -2.12. The highest BCUT2D eigenvalue weighted by Gasteiger charge is 2.21. The van der Waals surface area contributed by atoms with Crippen LogP contribution in [0, 0.1) is 5.82 Å². The zero-order chi connectivity index (χ0) is 24.7. The Balaban J connectivity index is 1.54. The number of carbonyl (C=O) groups excluding carboxylic acids is 1. The van der Waals surface area contributed by atoms with Crippen molar-refractivity contribution < 1.29 is 13.9 Å². The van der Waals surface area contributed by atoms with Gasteiger partial charge in [-0.3, -0.25) is 14.3 Å². The van der Waals surface area contributed by atoms with Crippen LogP contribution in [-0.2, 0) is 0 Å². The molecule has 0 aliphatic heterocycles. The molecule has 0 radical (unpaired) electrons. The number of primary amides is 1. The summed E-state index contributed by atoms with van der Waals surface area (Å²) >= 11 is 1.15. The second-order valence-electron chi connectivity index (χ2n) is 8.07. The van der Waals surface area contributed by atoms with Gasteiger partial charge in [0.05, 0.1) is 5.69 Å². The van der Waals surface area contributed by atoms with E-state index in [0.29, 0.717) is 27.4 Å². The van der Waals surface area contributed by atoms with Crippen LogP contribution < -0.4 is 16.2 Å². The fourth-order valence-electron chi connectivity index (χ4n) is 3.84. The number of amides is 1. The van der Waals surface area contributed by atoms with Crippen molar-refractivity contribution >= 4 is 28.4 Å². The number of halogens is 1. The van der Waals surface area contributed by atoms with Crippen LogP contribution in [-0.4, -0.2) is 25.4 Å². The van der Waals surface area contributed by atoms with Gasteiger partial charge in [-0.1, -0.05) is 30.3 Å². The topological polar surface area (TPSA) is 116 Å². The Morgan fingerprint density at radius 1 is 1.11 bits per heavy atom. The number of nitrogens with one attached hydrogen (secondary N) is 1. The van der Waals surface area contributed by atoms with E-state index in [9.17, 15) is 9.59 Å². The third-order valence-corrected chi connectivity index (χ3v) is 6.50. The molecule has 0 saturated heterocycles. The van der Waals surface area contributed by atoms with Crippen molar-refractivity contribution in [2.45, 2.75) is 19.9 Å². The van der Waals surface area contributed by atoms with E-state index < -0.39 is 11.7 Å². The first-order chi connectivity index (χ1) is 16.8. The molecule has 0 saturated carbocycles. The third kappa shape index (κ3) is 4.08. The predicted octanol–water partition coefficient (Wildman–Crippen LogP) is 5.13. The predicted molar refractivity (Wildman–Crippen MR) is 132 cm³/mol. The van der Waals surface area contributed by atoms with Crippen LogP contribution in [0.2, 0.25) is 0 Å². The van der Waals surface area contributed by atoms with Gasteiger partial charge in [-0.2, -0.15) is 0 Å². The van der Waals surface area contributed by atoms with Crippen molar-refractivity contribution in [2.24, 2.45) is 5.73 Å². The number of hydrogen-bond acceptors (Lipinski definition) is 6. The van der Waals surface area contributed by atoms with Gasteiger partial charge in [0.15, 0.2) is 23.0 Å². The molecular formula is C25H20FN5O3S. The number of carbonyl (C=O) groups is 1. The minimum absolute atomic E-state index is 0.0515. The summed E-state index contributed by atoms with van der Waals surface area (Å²) in [7, 11) is 0. The first-order valence-electron chi connectivity index (χ1n) is 10.8. The molecule has 3 N–H and O–H groups in total. The Labute approximate surface area is 202 Å². The SMILES string of the molecule is CC(C)n1c(=O)[nH]c2nccc(Oc3ccc(-c4nc(-c5ccccc5)sc4C(N)=O)cc3F)c21. The standard InChI is InChI=1S/C25H20FN5O3S/c1-13(2)31-20-18(10-11-28-23(20)30-25(31)33)34-17-9-8-15(12-16(17)26)19-21(22(27)32)35-24(29-19)14-6-4-3-5-7-14/h3-13H,1-2H3,(H2,27,32)(H,28,30,33). The smallest absolute Gasteiger partial charge is 0.328 e. The molecule has 5 rings (SSSR count). The minimum atomic E-state index is -0.661. The Hall–Kier alpha value is -4.31. The number of H-pyrrole nitrogens is 1. The largest absolute Gasteiger partial charge is 0.452 e. The quantitative estimate of drug-likeness (QED) is 0.343. The molecule has 5 aromatic rings. The van der Waals surface area contributed by atoms with Crippen LogP contribution >= 0.6 is 11.3 Å². The van der Waals surface area contributed by atoms with Crippen LogP contribution in [0.5, 0.6) is 11.5 Å². The molecule has 3 aromatic heterocycles. The van der Waals surface area contributed by atoms with Gasteiger partial charge in [0, 0.05) is 29.4 Å². The number of aromatic amines is 1. The highest BCUT2D eigenvalue weighted by atomic mass is 32.1. The molecule has 0 fully saturated rings. The van der Waals surface area contributed by atoms with Crippen molar-refractivity contribution in [3.05, 3.63) is 82.0 Å². The molecule has 1 amide bonds. The van der Waals surface area contributed by atoms with E-state index in [2.05, 4.69) is 15.0 Å². The number of aromatic nitrogens is 4. The summed E-state index contributed by atoms with van der Waals surface area (Å²) in [6.07, 6.45) is 1.48. The van der Waals surface area contributed by atoms with Gasteiger partial charge in [-0.05, 0) is 32.0 Å². The summed E-state index contributed by atoms with van der Waals surface area (Å²) in [6.45, 7) is 3.71. The monoisotopic (exact) mass is 489 g/mol. The number of rotatable bonds is 6. The Kier molecular flexibility index (Phi) is 5.65. The molecule has 0 spiro atoms. The van der Waals surface area contributed by atoms with Gasteiger partial charge < -0.3 is 10.5 Å². The van der Waals surface area contributed by atoms with Crippen LogP contribution in [0.3, 0.4) is 0 Å². The van der Waals surface area contributed by atoms with E-state index in [-0.39, 0.29) is 28.1 Å². The fourth-order valence-corrected chi connectivity index (χ4v) is 4.78. The second kappa shape index (κ2) is 8.80. The molecule has 0 unspecified atom stereocenters. The minimum Gasteiger partial charge on any atom is -0.452 e. The molecule has 2 aromatic carbocycles. The highest BCUT2D eigenvalue weighted by Crippen LogP contribution is 2.36. The molecule has 8 nitrogen and oxygen atoms in total. The van der Waals surface area contributed by atoms with Crippen molar-refractivity contribution in [2.75, 3.05) is 0 Å². The lowest BCUT2D eigenvalue weighted by Crippen LogP contribution is -2.18. The molecule has 0 bridgehead atoms. The normalized spacial score (nSPS) is 11.3. The lowest BCUT2D eigenvalue weighted by molar-refractivity contribution is 0.100. The first kappa shape index (κ1) is 22.5. The number of imidazole rings is 1. The summed E-state index contributed by atoms with van der Waals surface area (Å²) in [5, 5.41) is 0.605. The number of ether oxygens (including phenoxy) is 1. The summed E-state index contributed by atoms with van der Waals surface area (Å²) in [5.41, 5.74) is 7.57. The number of benzene rings is 2. The first-order valence-corrected chi connectivity index (χ1v) is 11.6. The van der Waals surface area contributed by atoms with Crippen molar-refractivity contribution in [1.29, 1.82) is 0 Å². The summed E-state index contributed by atoms with van der Waals surface area (Å²) in [5.74, 6) is -1.07. The van der Waals surface area contributed by atoms with Gasteiger partial charge in [-0.25, -0.2) is 19.2 Å². The third-order valence-electron chi connectivity index (χ3n) is 5.39. The van der Waals surface area contributed by atoms with Crippen molar-refractivity contribution in [1.82, 2.24) is 19.5 Å². The van der Waals surface area contributed by atoms with Gasteiger partial charge in [0.1, 0.15) is 15.4 Å². The number of nitrogens with zero attached hydrogens (tertiary/aromatic N) is 3. The highest BCUT2D eigenvalue weighted by molar-refractivity contribution is 7.17. The Morgan fingerprint density at radius 2 is 1.89 bits per heavy atom. The Bertz CT molecular complexity index is 1620. The molecule has 0 aliphatic carbocycles. The van der Waals surface area contributed by atoms with Crippen LogP contribution in [0.15, 0.2) is 65.6 Å². The maximum Gasteiger partial charge on any atom is 0.328 e. The number of nitrogens with two attached hydrogens (primary N) is 1. The molecular weight excluding hydrogens is 469 g/mol. The number of pyridine rings is 1. The van der Waals surface area contributed by atoms with Crippen molar-refractivity contribution in [3.8, 4) is 33.3 Å². The number of fused-ring (bicyclic) bond motifs is 1. The summed E-state index contributed by atoms with van der Waals surface area (Å²) in [4.78, 5) is 36.1. The summed E-state index contributed by atoms with van der Waals surface area (Å²) in [6, 6.07) is 15.1. The molecule has 3 heterocycles. The van der Waals surface area contributed by atoms with E-state index >= 15 is 4.39 Å². The lowest BCUT2D eigenvalue weighted by atomic mass is 10.1. The van der Waals surface area contributed by atoms with Gasteiger partial charge >= 0.3 is 5.69 Å². The van der Waals surface area contributed by atoms with Crippen LogP contribution in [0.4, 0.5) is 4.39 Å². The zero-order valence-corrected chi connectivity index (χ0v) is 19.6. The maximum atomic E-state index is 15.2. The zero-order valence-electron chi connectivity index (χ0n) is 18.8. The van der Waals surface area contributed by atoms with Crippen LogP contribution in [0.25, 0.3) is 33.0 Å². The molecule has 35 heavy (non-hydrogen) atoms. The summed E-state index contributed by atoms with van der Waals surface area (Å²) < 4.78 is 22.6. The van der Waals surface area contributed by atoms with Crippen molar-refractivity contribution in [3.63, 3.8) is 0 Å². The van der Waals surface area contributed by atoms with E-state index in [4.69, 9.17) is 10.5 Å². The molecule has 176 valence electrons.